The third kappa shape index (κ3) is 3.39. The van der Waals surface area contributed by atoms with Crippen LogP contribution in [0.2, 0.25) is 0 Å². The monoisotopic (exact) mass is 318 g/mol. The second-order valence-electron chi connectivity index (χ2n) is 3.65. The van der Waals surface area contributed by atoms with Crippen molar-refractivity contribution in [2.75, 3.05) is 0 Å². The molecular formula is C12H16Br2. The van der Waals surface area contributed by atoms with Crippen LogP contribution in [-0.2, 0) is 0 Å². The molecule has 78 valence electrons. The second-order valence-corrected chi connectivity index (χ2v) is 5.74. The van der Waals surface area contributed by atoms with Gasteiger partial charge in [0.15, 0.2) is 0 Å². The maximum absolute atomic E-state index is 3.75. The van der Waals surface area contributed by atoms with Crippen LogP contribution in [-0.4, -0.2) is 4.83 Å². The normalized spacial score (nSPS) is 15.1. The van der Waals surface area contributed by atoms with Gasteiger partial charge in [-0.15, -0.1) is 0 Å². The molecule has 0 saturated carbocycles. The summed E-state index contributed by atoms with van der Waals surface area (Å²) in [6, 6.07) is 8.56. The molecule has 0 aliphatic rings. The van der Waals surface area contributed by atoms with E-state index in [1.54, 1.807) is 0 Å². The molecule has 0 bridgehead atoms. The summed E-state index contributed by atoms with van der Waals surface area (Å²) in [7, 11) is 0. The molecule has 0 aromatic heterocycles. The Morgan fingerprint density at radius 3 is 2.64 bits per heavy atom. The van der Waals surface area contributed by atoms with Gasteiger partial charge in [0.2, 0.25) is 0 Å². The number of benzene rings is 1. The van der Waals surface area contributed by atoms with Crippen LogP contribution in [0.25, 0.3) is 0 Å². The zero-order valence-corrected chi connectivity index (χ0v) is 11.8. The van der Waals surface area contributed by atoms with Crippen LogP contribution in [0.5, 0.6) is 0 Å². The van der Waals surface area contributed by atoms with E-state index in [0.717, 1.165) is 4.47 Å². The van der Waals surface area contributed by atoms with Gasteiger partial charge in [-0.2, -0.15) is 0 Å². The Bertz CT molecular complexity index is 283. The van der Waals surface area contributed by atoms with Gasteiger partial charge in [0.05, 0.1) is 0 Å². The molecule has 0 aliphatic carbocycles. The standard InChI is InChI=1S/C12H16Br2/c1-3-5-12(14)9(2)10-6-4-7-11(13)8-10/h4,6-9,12H,3,5H2,1-2H3. The summed E-state index contributed by atoms with van der Waals surface area (Å²) in [6.45, 7) is 4.50. The lowest BCUT2D eigenvalue weighted by Crippen LogP contribution is -2.08. The minimum Gasteiger partial charge on any atom is -0.0884 e. The molecule has 0 N–H and O–H groups in total. The quantitative estimate of drug-likeness (QED) is 0.676. The first-order chi connectivity index (χ1) is 6.65. The molecule has 2 unspecified atom stereocenters. The van der Waals surface area contributed by atoms with E-state index in [4.69, 9.17) is 0 Å². The number of rotatable bonds is 4. The highest BCUT2D eigenvalue weighted by Gasteiger charge is 2.14. The summed E-state index contributed by atoms with van der Waals surface area (Å²) in [5, 5.41) is 0. The lowest BCUT2D eigenvalue weighted by atomic mass is 9.96. The third-order valence-electron chi connectivity index (χ3n) is 2.48. The second kappa shape index (κ2) is 5.92. The molecule has 1 aromatic carbocycles. The van der Waals surface area contributed by atoms with Crippen LogP contribution in [0.1, 0.15) is 38.2 Å². The molecule has 0 aliphatic heterocycles. The van der Waals surface area contributed by atoms with Crippen molar-refractivity contribution in [1.29, 1.82) is 0 Å². The molecule has 0 radical (unpaired) electrons. The van der Waals surface area contributed by atoms with Crippen LogP contribution in [0, 0.1) is 0 Å². The topological polar surface area (TPSA) is 0 Å². The van der Waals surface area contributed by atoms with E-state index in [2.05, 4.69) is 70.0 Å². The van der Waals surface area contributed by atoms with Crippen LogP contribution in [0.4, 0.5) is 0 Å². The van der Waals surface area contributed by atoms with Crippen molar-refractivity contribution in [2.45, 2.75) is 37.4 Å². The smallest absolute Gasteiger partial charge is 0.0211 e. The van der Waals surface area contributed by atoms with E-state index in [-0.39, 0.29) is 0 Å². The average molecular weight is 320 g/mol. The van der Waals surface area contributed by atoms with Gasteiger partial charge >= 0.3 is 0 Å². The van der Waals surface area contributed by atoms with E-state index in [0.29, 0.717) is 10.7 Å². The highest BCUT2D eigenvalue weighted by Crippen LogP contribution is 2.29. The SMILES string of the molecule is CCCC(Br)C(C)c1cccc(Br)c1. The average Bonchev–Trinajstić information content (AvgIpc) is 2.17. The number of hydrogen-bond acceptors (Lipinski definition) is 0. The molecule has 0 heterocycles. The van der Waals surface area contributed by atoms with Gasteiger partial charge in [0.1, 0.15) is 0 Å². The molecule has 2 heteroatoms. The fraction of sp³-hybridized carbons (Fsp3) is 0.500. The molecule has 0 nitrogen and oxygen atoms in total. The van der Waals surface area contributed by atoms with Crippen molar-refractivity contribution in [2.24, 2.45) is 0 Å². The van der Waals surface area contributed by atoms with Gasteiger partial charge in [-0.05, 0) is 30.0 Å². The predicted molar refractivity (Wildman–Crippen MR) is 70.2 cm³/mol. The van der Waals surface area contributed by atoms with E-state index in [9.17, 15) is 0 Å². The van der Waals surface area contributed by atoms with Gasteiger partial charge in [0, 0.05) is 9.30 Å². The lowest BCUT2D eigenvalue weighted by Gasteiger charge is -2.18. The Balaban J connectivity index is 2.73. The van der Waals surface area contributed by atoms with Gasteiger partial charge in [-0.25, -0.2) is 0 Å². The van der Waals surface area contributed by atoms with Crippen LogP contribution < -0.4 is 0 Å². The first-order valence-electron chi connectivity index (χ1n) is 5.04. The Hall–Kier alpha value is 0.180. The van der Waals surface area contributed by atoms with E-state index < -0.39 is 0 Å². The van der Waals surface area contributed by atoms with Crippen LogP contribution in [0.15, 0.2) is 28.7 Å². The molecule has 0 amide bonds. The fourth-order valence-electron chi connectivity index (χ4n) is 1.52. The molecule has 0 spiro atoms. The van der Waals surface area contributed by atoms with Gasteiger partial charge in [0.25, 0.3) is 0 Å². The molecule has 0 fully saturated rings. The number of alkyl halides is 1. The zero-order valence-electron chi connectivity index (χ0n) is 8.63. The highest BCUT2D eigenvalue weighted by molar-refractivity contribution is 9.10. The lowest BCUT2D eigenvalue weighted by molar-refractivity contribution is 0.651. The number of hydrogen-bond donors (Lipinski definition) is 0. The Morgan fingerprint density at radius 1 is 1.36 bits per heavy atom. The van der Waals surface area contributed by atoms with Crippen LogP contribution >= 0.6 is 31.9 Å². The van der Waals surface area contributed by atoms with Crippen molar-refractivity contribution in [3.63, 3.8) is 0 Å². The Labute approximate surface area is 103 Å². The molecule has 14 heavy (non-hydrogen) atoms. The van der Waals surface area contributed by atoms with Gasteiger partial charge in [-0.1, -0.05) is 64.3 Å². The van der Waals surface area contributed by atoms with Crippen molar-refractivity contribution in [3.8, 4) is 0 Å². The molecule has 1 aromatic rings. The van der Waals surface area contributed by atoms with Crippen molar-refractivity contribution < 1.29 is 0 Å². The summed E-state index contributed by atoms with van der Waals surface area (Å²) < 4.78 is 1.16. The zero-order chi connectivity index (χ0) is 10.6. The summed E-state index contributed by atoms with van der Waals surface area (Å²) in [5.41, 5.74) is 1.40. The first kappa shape index (κ1) is 12.3. The molecular weight excluding hydrogens is 304 g/mol. The third-order valence-corrected chi connectivity index (χ3v) is 4.23. The summed E-state index contributed by atoms with van der Waals surface area (Å²) >= 11 is 7.25. The minimum atomic E-state index is 0.576. The Morgan fingerprint density at radius 2 is 2.07 bits per heavy atom. The van der Waals surface area contributed by atoms with Crippen molar-refractivity contribution in [1.82, 2.24) is 0 Å². The van der Waals surface area contributed by atoms with E-state index >= 15 is 0 Å². The predicted octanol–water partition coefficient (Wildman–Crippen LogP) is 5.12. The maximum atomic E-state index is 3.75. The van der Waals surface area contributed by atoms with Gasteiger partial charge < -0.3 is 0 Å². The van der Waals surface area contributed by atoms with Crippen molar-refractivity contribution in [3.05, 3.63) is 34.3 Å². The Kier molecular flexibility index (Phi) is 5.18. The molecule has 0 saturated heterocycles. The number of halogens is 2. The van der Waals surface area contributed by atoms with E-state index in [1.807, 2.05) is 0 Å². The molecule has 2 atom stereocenters. The first-order valence-corrected chi connectivity index (χ1v) is 6.75. The minimum absolute atomic E-state index is 0.576. The van der Waals surface area contributed by atoms with Gasteiger partial charge in [-0.3, -0.25) is 0 Å². The maximum Gasteiger partial charge on any atom is 0.0211 e. The summed E-state index contributed by atoms with van der Waals surface area (Å²) in [6.07, 6.45) is 2.46. The van der Waals surface area contributed by atoms with Crippen LogP contribution in [0.3, 0.4) is 0 Å². The summed E-state index contributed by atoms with van der Waals surface area (Å²) in [4.78, 5) is 0.585. The fourth-order valence-corrected chi connectivity index (χ4v) is 2.70. The van der Waals surface area contributed by atoms with E-state index in [1.165, 1.54) is 18.4 Å². The summed E-state index contributed by atoms with van der Waals surface area (Å²) in [5.74, 6) is 0.576. The largest absolute Gasteiger partial charge is 0.0884 e. The van der Waals surface area contributed by atoms with Crippen molar-refractivity contribution >= 4 is 31.9 Å². The highest BCUT2D eigenvalue weighted by atomic mass is 79.9. The molecule has 1 rings (SSSR count).